The number of hydrogen-bond acceptors (Lipinski definition) is 5. The van der Waals surface area contributed by atoms with Gasteiger partial charge in [-0.2, -0.15) is 0 Å². The van der Waals surface area contributed by atoms with E-state index in [0.717, 1.165) is 6.42 Å². The number of amides is 2. The van der Waals surface area contributed by atoms with Crippen molar-refractivity contribution in [3.8, 4) is 0 Å². The molecule has 0 saturated carbocycles. The van der Waals surface area contributed by atoms with Gasteiger partial charge in [-0.15, -0.1) is 0 Å². The minimum absolute atomic E-state index is 0.0279. The van der Waals surface area contributed by atoms with E-state index in [1.165, 1.54) is 7.11 Å². The maximum absolute atomic E-state index is 12.5. The van der Waals surface area contributed by atoms with Gasteiger partial charge in [0.2, 0.25) is 11.8 Å². The summed E-state index contributed by atoms with van der Waals surface area (Å²) in [4.78, 5) is 30.5. The standard InChI is InChI=1S/C16H21N3O4/c1-22-10-15(20)19-9-11(7-14-13(19)4-6-23-14)16(21)18-12-3-2-5-17-8-12/h2-3,5,8,11,13-14H,4,6-7,9-10H2,1H3,(H,18,21)/t11-,13+,14+/m1/s1. The molecule has 2 aliphatic heterocycles. The van der Waals surface area contributed by atoms with Crippen LogP contribution in [0.5, 0.6) is 0 Å². The van der Waals surface area contributed by atoms with Gasteiger partial charge in [0.05, 0.1) is 29.9 Å². The predicted molar refractivity (Wildman–Crippen MR) is 82.7 cm³/mol. The Morgan fingerprint density at radius 3 is 3.13 bits per heavy atom. The monoisotopic (exact) mass is 319 g/mol. The Bertz CT molecular complexity index is 566. The molecule has 23 heavy (non-hydrogen) atoms. The highest BCUT2D eigenvalue weighted by Crippen LogP contribution is 2.32. The average molecular weight is 319 g/mol. The van der Waals surface area contributed by atoms with Crippen molar-refractivity contribution in [3.05, 3.63) is 24.5 Å². The summed E-state index contributed by atoms with van der Waals surface area (Å²) in [6.45, 7) is 1.06. The molecular weight excluding hydrogens is 298 g/mol. The van der Waals surface area contributed by atoms with E-state index in [0.29, 0.717) is 25.3 Å². The zero-order valence-electron chi connectivity index (χ0n) is 13.1. The van der Waals surface area contributed by atoms with Crippen molar-refractivity contribution < 1.29 is 19.1 Å². The van der Waals surface area contributed by atoms with Crippen LogP contribution in [0.4, 0.5) is 5.69 Å². The molecule has 7 nitrogen and oxygen atoms in total. The Hall–Kier alpha value is -1.99. The molecule has 3 atom stereocenters. The highest BCUT2D eigenvalue weighted by atomic mass is 16.5. The van der Waals surface area contributed by atoms with Gasteiger partial charge in [0.1, 0.15) is 6.61 Å². The quantitative estimate of drug-likeness (QED) is 0.882. The smallest absolute Gasteiger partial charge is 0.248 e. The summed E-state index contributed by atoms with van der Waals surface area (Å²) < 4.78 is 10.7. The van der Waals surface area contributed by atoms with Crippen LogP contribution in [0.15, 0.2) is 24.5 Å². The Labute approximate surface area is 135 Å². The molecule has 0 unspecified atom stereocenters. The molecule has 0 spiro atoms. The van der Waals surface area contributed by atoms with Gasteiger partial charge in [0.25, 0.3) is 0 Å². The van der Waals surface area contributed by atoms with Crippen molar-refractivity contribution in [1.82, 2.24) is 9.88 Å². The molecule has 0 bridgehead atoms. The SMILES string of the molecule is COCC(=O)N1C[C@H](C(=O)Nc2cccnc2)C[C@@H]2OCC[C@@H]21. The van der Waals surface area contributed by atoms with E-state index in [2.05, 4.69) is 10.3 Å². The molecule has 3 rings (SSSR count). The number of rotatable bonds is 4. The van der Waals surface area contributed by atoms with Gasteiger partial charge in [-0.3, -0.25) is 14.6 Å². The minimum Gasteiger partial charge on any atom is -0.376 e. The summed E-state index contributed by atoms with van der Waals surface area (Å²) in [7, 11) is 1.50. The van der Waals surface area contributed by atoms with Gasteiger partial charge in [-0.1, -0.05) is 0 Å². The van der Waals surface area contributed by atoms with Crippen molar-refractivity contribution in [2.45, 2.75) is 25.0 Å². The van der Waals surface area contributed by atoms with Gasteiger partial charge in [-0.05, 0) is 25.0 Å². The molecule has 0 radical (unpaired) electrons. The third kappa shape index (κ3) is 3.51. The lowest BCUT2D eigenvalue weighted by Crippen LogP contribution is -2.55. The molecule has 2 amide bonds. The van der Waals surface area contributed by atoms with E-state index >= 15 is 0 Å². The second-order valence-corrected chi connectivity index (χ2v) is 5.91. The maximum Gasteiger partial charge on any atom is 0.248 e. The van der Waals surface area contributed by atoms with E-state index in [-0.39, 0.29) is 36.5 Å². The predicted octanol–water partition coefficient (Wildman–Crippen LogP) is 0.672. The van der Waals surface area contributed by atoms with E-state index in [4.69, 9.17) is 9.47 Å². The van der Waals surface area contributed by atoms with Crippen molar-refractivity contribution in [3.63, 3.8) is 0 Å². The molecule has 2 saturated heterocycles. The second kappa shape index (κ2) is 7.06. The summed E-state index contributed by atoms with van der Waals surface area (Å²) in [5.74, 6) is -0.496. The highest BCUT2D eigenvalue weighted by Gasteiger charge is 2.44. The molecule has 7 heteroatoms. The third-order valence-electron chi connectivity index (χ3n) is 4.40. The van der Waals surface area contributed by atoms with Gasteiger partial charge >= 0.3 is 0 Å². The molecule has 0 aromatic carbocycles. The largest absolute Gasteiger partial charge is 0.376 e. The second-order valence-electron chi connectivity index (χ2n) is 5.91. The van der Waals surface area contributed by atoms with E-state index in [9.17, 15) is 9.59 Å². The van der Waals surface area contributed by atoms with Crippen LogP contribution in [-0.4, -0.2) is 60.7 Å². The molecule has 2 fully saturated rings. The van der Waals surface area contributed by atoms with E-state index in [1.54, 1.807) is 29.4 Å². The average Bonchev–Trinajstić information content (AvgIpc) is 3.03. The third-order valence-corrected chi connectivity index (χ3v) is 4.40. The minimum atomic E-state index is -0.296. The molecule has 0 aliphatic carbocycles. The summed E-state index contributed by atoms with van der Waals surface area (Å²) in [6.07, 6.45) is 4.63. The Morgan fingerprint density at radius 2 is 2.39 bits per heavy atom. The zero-order valence-corrected chi connectivity index (χ0v) is 13.1. The summed E-state index contributed by atoms with van der Waals surface area (Å²) in [5, 5.41) is 2.86. The number of likely N-dealkylation sites (tertiary alicyclic amines) is 1. The number of nitrogens with one attached hydrogen (secondary N) is 1. The van der Waals surface area contributed by atoms with Crippen LogP contribution in [0.2, 0.25) is 0 Å². The molecule has 2 aliphatic rings. The van der Waals surface area contributed by atoms with Gasteiger partial charge in [-0.25, -0.2) is 0 Å². The number of ether oxygens (including phenoxy) is 2. The lowest BCUT2D eigenvalue weighted by atomic mass is 9.89. The number of nitrogens with zero attached hydrogens (tertiary/aromatic N) is 2. The van der Waals surface area contributed by atoms with Crippen molar-refractivity contribution >= 4 is 17.5 Å². The Balaban J connectivity index is 1.70. The van der Waals surface area contributed by atoms with Crippen molar-refractivity contribution in [2.75, 3.05) is 32.2 Å². The Kier molecular flexibility index (Phi) is 4.88. The van der Waals surface area contributed by atoms with Crippen LogP contribution in [0.1, 0.15) is 12.8 Å². The molecule has 1 aromatic heterocycles. The fourth-order valence-corrected chi connectivity index (χ4v) is 3.31. The van der Waals surface area contributed by atoms with Crippen LogP contribution in [0.3, 0.4) is 0 Å². The molecule has 124 valence electrons. The van der Waals surface area contributed by atoms with Crippen LogP contribution in [0, 0.1) is 5.92 Å². The lowest BCUT2D eigenvalue weighted by molar-refractivity contribution is -0.144. The number of methoxy groups -OCH3 is 1. The molecule has 1 aromatic rings. The van der Waals surface area contributed by atoms with Crippen molar-refractivity contribution in [1.29, 1.82) is 0 Å². The number of fused-ring (bicyclic) bond motifs is 1. The van der Waals surface area contributed by atoms with Crippen LogP contribution in [0.25, 0.3) is 0 Å². The number of piperidine rings is 1. The highest BCUT2D eigenvalue weighted by molar-refractivity contribution is 5.93. The van der Waals surface area contributed by atoms with Gasteiger partial charge in [0.15, 0.2) is 0 Å². The number of carbonyl (C=O) groups excluding carboxylic acids is 2. The number of aromatic nitrogens is 1. The first-order valence-electron chi connectivity index (χ1n) is 7.80. The van der Waals surface area contributed by atoms with Crippen LogP contribution >= 0.6 is 0 Å². The van der Waals surface area contributed by atoms with Gasteiger partial charge < -0.3 is 19.7 Å². The first-order valence-corrected chi connectivity index (χ1v) is 7.80. The number of carbonyl (C=O) groups is 2. The number of anilines is 1. The summed E-state index contributed by atoms with van der Waals surface area (Å²) in [6, 6.07) is 3.61. The maximum atomic E-state index is 12.5. The first-order chi connectivity index (χ1) is 11.2. The summed E-state index contributed by atoms with van der Waals surface area (Å²) >= 11 is 0. The fourth-order valence-electron chi connectivity index (χ4n) is 3.31. The Morgan fingerprint density at radius 1 is 1.52 bits per heavy atom. The van der Waals surface area contributed by atoms with E-state index in [1.807, 2.05) is 0 Å². The van der Waals surface area contributed by atoms with E-state index < -0.39 is 0 Å². The molecular formula is C16H21N3O4. The summed E-state index contributed by atoms with van der Waals surface area (Å²) in [5.41, 5.74) is 0.654. The normalized spacial score (nSPS) is 26.7. The van der Waals surface area contributed by atoms with Crippen LogP contribution < -0.4 is 5.32 Å². The molecule has 1 N–H and O–H groups in total. The topological polar surface area (TPSA) is 80.8 Å². The van der Waals surface area contributed by atoms with Crippen LogP contribution in [-0.2, 0) is 19.1 Å². The number of hydrogen-bond donors (Lipinski definition) is 1. The van der Waals surface area contributed by atoms with Gasteiger partial charge in [0, 0.05) is 26.5 Å². The lowest BCUT2D eigenvalue weighted by Gasteiger charge is -2.40. The fraction of sp³-hybridized carbons (Fsp3) is 0.562. The first kappa shape index (κ1) is 15.9. The zero-order chi connectivity index (χ0) is 16.2. The molecule has 3 heterocycles. The van der Waals surface area contributed by atoms with Crippen molar-refractivity contribution in [2.24, 2.45) is 5.92 Å². The number of pyridine rings is 1.